The van der Waals surface area contributed by atoms with Gasteiger partial charge in [0, 0.05) is 24.0 Å². The lowest BCUT2D eigenvalue weighted by molar-refractivity contribution is 0.173. The van der Waals surface area contributed by atoms with Crippen LogP contribution in [0.1, 0.15) is 34.3 Å². The Kier molecular flexibility index (Phi) is 1.93. The van der Waals surface area contributed by atoms with Crippen molar-refractivity contribution in [2.75, 3.05) is 26.3 Å². The maximum Gasteiger partial charge on any atom is 0.231 e. The van der Waals surface area contributed by atoms with Crippen LogP contribution in [0.4, 0.5) is 4.39 Å². The number of benzene rings is 2. The highest BCUT2D eigenvalue weighted by atomic mass is 19.1. The normalized spacial score (nSPS) is 36.5. The molecule has 4 nitrogen and oxygen atoms in total. The number of piperidine rings is 1. The van der Waals surface area contributed by atoms with Crippen molar-refractivity contribution in [1.82, 2.24) is 5.32 Å². The fourth-order valence-corrected chi connectivity index (χ4v) is 2.32. The van der Waals surface area contributed by atoms with Crippen LogP contribution in [-0.2, 0) is 0 Å². The minimum atomic E-state index is -3.00. The van der Waals surface area contributed by atoms with E-state index < -0.39 is 80.1 Å². The number of fused-ring (bicyclic) bond motifs is 1. The van der Waals surface area contributed by atoms with Crippen molar-refractivity contribution >= 4 is 0 Å². The molecule has 0 spiro atoms. The molecule has 2 aliphatic rings. The third-order valence-electron chi connectivity index (χ3n) is 3.51. The molecule has 0 amide bonds. The van der Waals surface area contributed by atoms with Gasteiger partial charge in [0.1, 0.15) is 14.3 Å². The van der Waals surface area contributed by atoms with E-state index in [-0.39, 0.29) is 17.2 Å². The summed E-state index contributed by atoms with van der Waals surface area (Å²) in [5.74, 6) is -5.28. The summed E-state index contributed by atoms with van der Waals surface area (Å²) < 4.78 is 127. The number of rotatable bonds is 4. The summed E-state index contributed by atoms with van der Waals surface area (Å²) >= 11 is 0. The van der Waals surface area contributed by atoms with Gasteiger partial charge in [-0.05, 0) is 48.6 Å². The molecule has 0 aliphatic carbocycles. The zero-order valence-electron chi connectivity index (χ0n) is 24.2. The van der Waals surface area contributed by atoms with Crippen molar-refractivity contribution < 1.29 is 35.1 Å². The van der Waals surface area contributed by atoms with Crippen LogP contribution in [0.25, 0.3) is 0 Å². The summed E-state index contributed by atoms with van der Waals surface area (Å²) in [5.41, 5.74) is -0.682. The highest BCUT2D eigenvalue weighted by Crippen LogP contribution is 2.36. The quantitative estimate of drug-likeness (QED) is 0.926. The molecule has 2 atom stereocenters. The van der Waals surface area contributed by atoms with E-state index in [0.717, 1.165) is 6.07 Å². The van der Waals surface area contributed by atoms with Gasteiger partial charge in [-0.15, -0.1) is 0 Å². The van der Waals surface area contributed by atoms with Gasteiger partial charge in [-0.25, -0.2) is 4.39 Å². The van der Waals surface area contributed by atoms with E-state index in [4.69, 9.17) is 30.7 Å². The Morgan fingerprint density at radius 3 is 3.00 bits per heavy atom. The Bertz CT molecular complexity index is 1200. The van der Waals surface area contributed by atoms with Crippen LogP contribution in [0.5, 0.6) is 17.2 Å². The molecule has 4 rings (SSSR count). The highest BCUT2D eigenvalue weighted by Gasteiger charge is 2.27. The van der Waals surface area contributed by atoms with E-state index >= 15 is 0 Å². The van der Waals surface area contributed by atoms with Gasteiger partial charge in [-0.2, -0.15) is 0 Å². The van der Waals surface area contributed by atoms with Crippen LogP contribution < -0.4 is 19.5 Å². The SMILES string of the molecule is [2H]c1c([2H])c([C@H]2C(C([2H])([2H])Oc3ccc4c(c3)OC([2H])([2H])O4)CNC([2H])([2H])C2([2H])[2H])c([2H])c([2H])c1F. The molecule has 2 heterocycles. The molecule has 0 saturated carbocycles. The lowest BCUT2D eigenvalue weighted by Gasteiger charge is -2.32. The molecule has 2 aliphatic heterocycles. The van der Waals surface area contributed by atoms with Gasteiger partial charge in [0.15, 0.2) is 11.5 Å². The summed E-state index contributed by atoms with van der Waals surface area (Å²) in [6.45, 7) is -8.59. The highest BCUT2D eigenvalue weighted by molar-refractivity contribution is 5.46. The first-order chi connectivity index (χ1) is 16.4. The number of hydrogen-bond donors (Lipinski definition) is 1. The molecule has 1 N–H and O–H groups in total. The molecule has 0 bridgehead atoms. The van der Waals surface area contributed by atoms with E-state index in [9.17, 15) is 4.39 Å². The Labute approximate surface area is 157 Å². The maximum atomic E-state index is 14.2. The average Bonchev–Trinajstić information content (AvgIpc) is 3.06. The van der Waals surface area contributed by atoms with Crippen molar-refractivity contribution in [3.63, 3.8) is 0 Å². The van der Waals surface area contributed by atoms with Crippen LogP contribution in [0.15, 0.2) is 42.4 Å². The first-order valence-corrected chi connectivity index (χ1v) is 7.11. The molecule has 1 fully saturated rings. The van der Waals surface area contributed by atoms with Crippen molar-refractivity contribution in [2.24, 2.45) is 5.92 Å². The van der Waals surface area contributed by atoms with Gasteiger partial charge < -0.3 is 19.5 Å². The summed E-state index contributed by atoms with van der Waals surface area (Å²) in [5, 5.41) is 2.28. The van der Waals surface area contributed by atoms with E-state index in [2.05, 4.69) is 5.32 Å². The first-order valence-electron chi connectivity index (χ1n) is 13.1. The fraction of sp³-hybridized carbons (Fsp3) is 0.368. The van der Waals surface area contributed by atoms with Crippen LogP contribution in [-0.4, -0.2) is 26.3 Å². The lowest BCUT2D eigenvalue weighted by Crippen LogP contribution is -2.38. The summed E-state index contributed by atoms with van der Waals surface area (Å²) in [4.78, 5) is 0. The Balaban J connectivity index is 1.80. The van der Waals surface area contributed by atoms with Crippen LogP contribution in [0.2, 0.25) is 0 Å². The van der Waals surface area contributed by atoms with E-state index in [0.29, 0.717) is 0 Å². The van der Waals surface area contributed by atoms with Crippen molar-refractivity contribution in [2.45, 2.75) is 12.3 Å². The molecule has 2 aromatic carbocycles. The summed E-state index contributed by atoms with van der Waals surface area (Å²) in [6, 6.07) is -0.434. The zero-order chi connectivity index (χ0) is 27.0. The van der Waals surface area contributed by atoms with Crippen molar-refractivity contribution in [3.8, 4) is 17.2 Å². The van der Waals surface area contributed by atoms with Crippen LogP contribution in [0, 0.1) is 11.7 Å². The third-order valence-corrected chi connectivity index (χ3v) is 3.51. The topological polar surface area (TPSA) is 39.7 Å². The average molecular weight is 341 g/mol. The number of ether oxygens (including phenoxy) is 3. The monoisotopic (exact) mass is 341 g/mol. The molecule has 1 unspecified atom stereocenters. The van der Waals surface area contributed by atoms with E-state index in [1.807, 2.05) is 0 Å². The molecule has 5 heteroatoms. The number of halogens is 1. The molecule has 0 radical (unpaired) electrons. The van der Waals surface area contributed by atoms with Gasteiger partial charge >= 0.3 is 0 Å². The minimum Gasteiger partial charge on any atom is -0.493 e. The van der Waals surface area contributed by atoms with Crippen LogP contribution in [0.3, 0.4) is 0 Å². The second-order valence-electron chi connectivity index (χ2n) is 5.08. The van der Waals surface area contributed by atoms with E-state index in [1.165, 1.54) is 12.1 Å². The first kappa shape index (κ1) is 6.92. The lowest BCUT2D eigenvalue weighted by atomic mass is 9.81. The van der Waals surface area contributed by atoms with Gasteiger partial charge in [0.2, 0.25) is 6.75 Å². The predicted octanol–water partition coefficient (Wildman–Crippen LogP) is 3.33. The van der Waals surface area contributed by atoms with E-state index in [1.54, 1.807) is 0 Å². The largest absolute Gasteiger partial charge is 0.493 e. The molecule has 24 heavy (non-hydrogen) atoms. The molecular weight excluding hydrogens is 309 g/mol. The number of hydrogen-bond acceptors (Lipinski definition) is 4. The Hall–Kier alpha value is -2.27. The van der Waals surface area contributed by atoms with Gasteiger partial charge in [0.25, 0.3) is 0 Å². The molecule has 0 aromatic heterocycles. The Morgan fingerprint density at radius 1 is 1.29 bits per heavy atom. The fourth-order valence-electron chi connectivity index (χ4n) is 2.32. The van der Waals surface area contributed by atoms with Crippen molar-refractivity contribution in [1.29, 1.82) is 0 Å². The standard InChI is InChI=1S/C19H20FNO3/c20-15-3-1-13(2-4-15)17-7-8-21-10-14(17)11-22-16-5-6-18-19(9-16)24-12-23-18/h1-6,9,14,17,21H,7-8,10-12H2/t14?,17-/m0/s1/i1D,2D,3D,4D,7D2,8D2,11D2,12D2. The minimum absolute atomic E-state index is 0.0320. The third kappa shape index (κ3) is 3.17. The van der Waals surface area contributed by atoms with Gasteiger partial charge in [-0.1, -0.05) is 12.1 Å². The molecule has 2 aromatic rings. The number of nitrogens with one attached hydrogen (secondary N) is 1. The predicted molar refractivity (Wildman–Crippen MR) is 88.2 cm³/mol. The molecule has 126 valence electrons. The smallest absolute Gasteiger partial charge is 0.231 e. The summed E-state index contributed by atoms with van der Waals surface area (Å²) in [6.07, 6.45) is -3.00. The summed E-state index contributed by atoms with van der Waals surface area (Å²) in [7, 11) is 0. The Morgan fingerprint density at radius 2 is 2.12 bits per heavy atom. The zero-order valence-corrected chi connectivity index (χ0v) is 12.2. The van der Waals surface area contributed by atoms with Gasteiger partial charge in [0.05, 0.1) is 14.8 Å². The molecule has 1 saturated heterocycles. The second-order valence-corrected chi connectivity index (χ2v) is 5.08. The second kappa shape index (κ2) is 6.69. The van der Waals surface area contributed by atoms with Crippen molar-refractivity contribution in [3.05, 3.63) is 53.7 Å². The van der Waals surface area contributed by atoms with Crippen LogP contribution >= 0.6 is 0 Å². The van der Waals surface area contributed by atoms with Gasteiger partial charge in [-0.3, -0.25) is 0 Å². The maximum absolute atomic E-state index is 14.2. The molecular formula is C19H20FNO3.